The van der Waals surface area contributed by atoms with Gasteiger partial charge in [0.25, 0.3) is 0 Å². The van der Waals surface area contributed by atoms with E-state index < -0.39 is 0 Å². The van der Waals surface area contributed by atoms with Crippen LogP contribution in [0.5, 0.6) is 0 Å². The normalized spacial score (nSPS) is 11.7. The van der Waals surface area contributed by atoms with Gasteiger partial charge in [0.05, 0.1) is 16.8 Å². The van der Waals surface area contributed by atoms with Crippen LogP contribution in [0.15, 0.2) is 48.8 Å². The summed E-state index contributed by atoms with van der Waals surface area (Å²) in [5.41, 5.74) is 1.52. The van der Waals surface area contributed by atoms with Gasteiger partial charge in [-0.05, 0) is 30.7 Å². The molecule has 1 atom stereocenters. The van der Waals surface area contributed by atoms with Gasteiger partial charge in [0, 0.05) is 12.4 Å². The molecule has 0 unspecified atom stereocenters. The second-order valence-electron chi connectivity index (χ2n) is 4.09. The Hall–Kier alpha value is -2.07. The second-order valence-corrected chi connectivity index (χ2v) is 4.49. The number of hydrogen-bond acceptors (Lipinski definition) is 2. The minimum absolute atomic E-state index is 0.129. The Bertz CT molecular complexity index is 560. The Morgan fingerprint density at radius 1 is 1.26 bits per heavy atom. The number of pyridine rings is 1. The fourth-order valence-electron chi connectivity index (χ4n) is 1.63. The molecular weight excluding hydrogens is 262 g/mol. The van der Waals surface area contributed by atoms with E-state index in [2.05, 4.69) is 15.6 Å². The van der Waals surface area contributed by atoms with Crippen LogP contribution in [0.2, 0.25) is 5.02 Å². The lowest BCUT2D eigenvalue weighted by Gasteiger charge is -2.15. The smallest absolute Gasteiger partial charge is 0.319 e. The van der Waals surface area contributed by atoms with Crippen molar-refractivity contribution in [2.75, 3.05) is 5.32 Å². The second kappa shape index (κ2) is 6.20. The highest BCUT2D eigenvalue weighted by molar-refractivity contribution is 6.33. The van der Waals surface area contributed by atoms with Crippen molar-refractivity contribution in [3.05, 3.63) is 59.4 Å². The standard InChI is InChI=1S/C14H14ClN3O/c1-10(11-5-4-8-16-9-11)17-14(19)18-13-7-3-2-6-12(13)15/h2-10H,1H3,(H2,17,18,19)/t10-/m0/s1. The summed E-state index contributed by atoms with van der Waals surface area (Å²) >= 11 is 5.97. The molecule has 1 aromatic heterocycles. The minimum Gasteiger partial charge on any atom is -0.331 e. The molecule has 0 aliphatic rings. The molecule has 1 aromatic carbocycles. The van der Waals surface area contributed by atoms with Crippen molar-refractivity contribution in [2.24, 2.45) is 0 Å². The van der Waals surface area contributed by atoms with Crippen LogP contribution in [0.3, 0.4) is 0 Å². The largest absolute Gasteiger partial charge is 0.331 e. The molecule has 0 saturated carbocycles. The lowest BCUT2D eigenvalue weighted by Crippen LogP contribution is -2.31. The number of anilines is 1. The SMILES string of the molecule is C[C@H](NC(=O)Nc1ccccc1Cl)c1cccnc1. The Labute approximate surface area is 116 Å². The molecule has 2 N–H and O–H groups in total. The summed E-state index contributed by atoms with van der Waals surface area (Å²) in [6, 6.07) is 10.4. The maximum Gasteiger partial charge on any atom is 0.319 e. The molecule has 0 saturated heterocycles. The van der Waals surface area contributed by atoms with E-state index >= 15 is 0 Å². The first kappa shape index (κ1) is 13.4. The summed E-state index contributed by atoms with van der Waals surface area (Å²) in [4.78, 5) is 15.9. The molecule has 1 heterocycles. The molecular formula is C14H14ClN3O. The van der Waals surface area contributed by atoms with Crippen molar-refractivity contribution >= 4 is 23.3 Å². The van der Waals surface area contributed by atoms with Crippen molar-refractivity contribution in [3.63, 3.8) is 0 Å². The van der Waals surface area contributed by atoms with E-state index in [1.165, 1.54) is 0 Å². The summed E-state index contributed by atoms with van der Waals surface area (Å²) in [6.07, 6.45) is 3.42. The van der Waals surface area contributed by atoms with Gasteiger partial charge in [0.1, 0.15) is 0 Å². The number of halogens is 1. The fraction of sp³-hybridized carbons (Fsp3) is 0.143. The maximum atomic E-state index is 11.8. The van der Waals surface area contributed by atoms with Crippen LogP contribution < -0.4 is 10.6 Å². The van der Waals surface area contributed by atoms with Gasteiger partial charge in [-0.25, -0.2) is 4.79 Å². The van der Waals surface area contributed by atoms with Crippen molar-refractivity contribution in [1.82, 2.24) is 10.3 Å². The van der Waals surface area contributed by atoms with E-state index in [9.17, 15) is 4.79 Å². The summed E-state index contributed by atoms with van der Waals surface area (Å²) in [5.74, 6) is 0. The molecule has 5 heteroatoms. The van der Waals surface area contributed by atoms with E-state index in [1.54, 1.807) is 24.5 Å². The molecule has 0 spiro atoms. The van der Waals surface area contributed by atoms with E-state index in [0.717, 1.165) is 5.56 Å². The first-order valence-electron chi connectivity index (χ1n) is 5.89. The zero-order valence-electron chi connectivity index (χ0n) is 10.4. The molecule has 0 aliphatic heterocycles. The summed E-state index contributed by atoms with van der Waals surface area (Å²) in [7, 11) is 0. The number of amides is 2. The van der Waals surface area contributed by atoms with Gasteiger partial charge >= 0.3 is 6.03 Å². The number of urea groups is 1. The van der Waals surface area contributed by atoms with Gasteiger partial charge in [-0.2, -0.15) is 0 Å². The summed E-state index contributed by atoms with van der Waals surface area (Å²) in [6.45, 7) is 1.89. The van der Waals surface area contributed by atoms with Crippen LogP contribution in [-0.4, -0.2) is 11.0 Å². The number of aromatic nitrogens is 1. The lowest BCUT2D eigenvalue weighted by molar-refractivity contribution is 0.249. The third-order valence-corrected chi connectivity index (χ3v) is 2.98. The number of benzene rings is 1. The average molecular weight is 276 g/mol. The monoisotopic (exact) mass is 275 g/mol. The quantitative estimate of drug-likeness (QED) is 0.899. The highest BCUT2D eigenvalue weighted by Gasteiger charge is 2.10. The molecule has 19 heavy (non-hydrogen) atoms. The van der Waals surface area contributed by atoms with Crippen LogP contribution in [0, 0.1) is 0 Å². The van der Waals surface area contributed by atoms with Crippen LogP contribution in [0.4, 0.5) is 10.5 Å². The van der Waals surface area contributed by atoms with Crippen molar-refractivity contribution in [1.29, 1.82) is 0 Å². The zero-order chi connectivity index (χ0) is 13.7. The molecule has 4 nitrogen and oxygen atoms in total. The summed E-state index contributed by atoms with van der Waals surface area (Å²) in [5, 5.41) is 6.04. The summed E-state index contributed by atoms with van der Waals surface area (Å²) < 4.78 is 0. The Balaban J connectivity index is 1.97. The zero-order valence-corrected chi connectivity index (χ0v) is 11.2. The molecule has 0 aliphatic carbocycles. The van der Waals surface area contributed by atoms with E-state index in [4.69, 9.17) is 11.6 Å². The van der Waals surface area contributed by atoms with E-state index in [1.807, 2.05) is 31.2 Å². The fourth-order valence-corrected chi connectivity index (χ4v) is 1.82. The third kappa shape index (κ3) is 3.69. The van der Waals surface area contributed by atoms with Gasteiger partial charge in [0.2, 0.25) is 0 Å². The van der Waals surface area contributed by atoms with Gasteiger partial charge in [-0.3, -0.25) is 4.98 Å². The number of hydrogen-bond donors (Lipinski definition) is 2. The van der Waals surface area contributed by atoms with Crippen LogP contribution in [-0.2, 0) is 0 Å². The van der Waals surface area contributed by atoms with Gasteiger partial charge in [-0.15, -0.1) is 0 Å². The third-order valence-electron chi connectivity index (χ3n) is 2.65. The van der Waals surface area contributed by atoms with Crippen molar-refractivity contribution in [2.45, 2.75) is 13.0 Å². The maximum absolute atomic E-state index is 11.8. The van der Waals surface area contributed by atoms with Gasteiger partial charge < -0.3 is 10.6 Å². The molecule has 98 valence electrons. The molecule has 0 bridgehead atoms. The van der Waals surface area contributed by atoms with Crippen molar-refractivity contribution < 1.29 is 4.79 Å². The number of carbonyl (C=O) groups excluding carboxylic acids is 1. The van der Waals surface area contributed by atoms with Crippen molar-refractivity contribution in [3.8, 4) is 0 Å². The molecule has 0 radical (unpaired) electrons. The number of carbonyl (C=O) groups is 1. The van der Waals surface area contributed by atoms with E-state index in [-0.39, 0.29) is 12.1 Å². The van der Waals surface area contributed by atoms with E-state index in [0.29, 0.717) is 10.7 Å². The number of rotatable bonds is 3. The highest BCUT2D eigenvalue weighted by atomic mass is 35.5. The molecule has 2 rings (SSSR count). The highest BCUT2D eigenvalue weighted by Crippen LogP contribution is 2.20. The number of para-hydroxylation sites is 1. The number of nitrogens with one attached hydrogen (secondary N) is 2. The van der Waals surface area contributed by atoms with Crippen LogP contribution in [0.1, 0.15) is 18.5 Å². The predicted molar refractivity (Wildman–Crippen MR) is 76.3 cm³/mol. The molecule has 0 fully saturated rings. The first-order chi connectivity index (χ1) is 9.16. The predicted octanol–water partition coefficient (Wildman–Crippen LogP) is 3.62. The Morgan fingerprint density at radius 3 is 2.74 bits per heavy atom. The van der Waals surface area contributed by atoms with Gasteiger partial charge in [0.15, 0.2) is 0 Å². The minimum atomic E-state index is -0.301. The van der Waals surface area contributed by atoms with Crippen LogP contribution in [0.25, 0.3) is 0 Å². The Kier molecular flexibility index (Phi) is 4.36. The molecule has 2 aromatic rings. The van der Waals surface area contributed by atoms with Gasteiger partial charge in [-0.1, -0.05) is 29.8 Å². The lowest BCUT2D eigenvalue weighted by atomic mass is 10.1. The topological polar surface area (TPSA) is 54.0 Å². The molecule has 2 amide bonds. The number of nitrogens with zero attached hydrogens (tertiary/aromatic N) is 1. The average Bonchev–Trinajstić information content (AvgIpc) is 2.42. The first-order valence-corrected chi connectivity index (χ1v) is 6.26. The Morgan fingerprint density at radius 2 is 2.05 bits per heavy atom. The van der Waals surface area contributed by atoms with Crippen LogP contribution >= 0.6 is 11.6 Å².